The Balaban J connectivity index is 1.97. The van der Waals surface area contributed by atoms with Crippen LogP contribution in [0.15, 0.2) is 9.95 Å². The molecule has 2 aliphatic rings. The van der Waals surface area contributed by atoms with Gasteiger partial charge in [0, 0.05) is 21.1 Å². The number of nitrogens with zero attached hydrogens (tertiary/aromatic N) is 2. The minimum Gasteiger partial charge on any atom is -0.286 e. The molecule has 0 saturated carbocycles. The molecule has 0 bridgehead atoms. The Morgan fingerprint density at radius 2 is 2.21 bits per heavy atom. The van der Waals surface area contributed by atoms with Gasteiger partial charge in [-0.05, 0) is 31.2 Å². The van der Waals surface area contributed by atoms with Crippen LogP contribution >= 0.6 is 45.7 Å². The minimum absolute atomic E-state index is 0.208. The number of fused-ring (bicyclic) bond motifs is 4. The van der Waals surface area contributed by atoms with Crippen molar-refractivity contribution in [3.63, 3.8) is 0 Å². The van der Waals surface area contributed by atoms with Gasteiger partial charge >= 0.3 is 0 Å². The first kappa shape index (κ1) is 12.6. The van der Waals surface area contributed by atoms with Gasteiger partial charge < -0.3 is 0 Å². The molecule has 0 N–H and O–H groups in total. The predicted molar refractivity (Wildman–Crippen MR) is 89.1 cm³/mol. The fourth-order valence-electron chi connectivity index (χ4n) is 2.94. The molecule has 100 valence electrons. The number of thioether (sulfide) groups is 1. The van der Waals surface area contributed by atoms with E-state index in [1.807, 2.05) is 4.57 Å². The van der Waals surface area contributed by atoms with E-state index in [1.54, 1.807) is 23.1 Å². The summed E-state index contributed by atoms with van der Waals surface area (Å²) in [6, 6.07) is 0. The van der Waals surface area contributed by atoms with E-state index in [0.29, 0.717) is 5.25 Å². The average molecular weight is 404 g/mol. The van der Waals surface area contributed by atoms with Crippen LogP contribution in [0.4, 0.5) is 0 Å². The van der Waals surface area contributed by atoms with E-state index in [2.05, 4.69) is 22.6 Å². The van der Waals surface area contributed by atoms with Crippen LogP contribution in [0, 0.1) is 0 Å². The zero-order valence-corrected chi connectivity index (χ0v) is 14.1. The predicted octanol–water partition coefficient (Wildman–Crippen LogP) is 3.25. The van der Waals surface area contributed by atoms with Gasteiger partial charge in [0.1, 0.15) is 4.83 Å². The van der Waals surface area contributed by atoms with E-state index < -0.39 is 0 Å². The highest BCUT2D eigenvalue weighted by Crippen LogP contribution is 2.37. The lowest BCUT2D eigenvalue weighted by Gasteiger charge is -2.10. The van der Waals surface area contributed by atoms with Gasteiger partial charge in [-0.2, -0.15) is 0 Å². The lowest BCUT2D eigenvalue weighted by Crippen LogP contribution is -2.22. The highest BCUT2D eigenvalue weighted by Gasteiger charge is 2.28. The normalized spacial score (nSPS) is 21.6. The van der Waals surface area contributed by atoms with Crippen LogP contribution in [0.1, 0.15) is 23.3 Å². The molecule has 2 aromatic heterocycles. The number of aryl methyl sites for hydroxylation is 2. The largest absolute Gasteiger partial charge is 0.286 e. The molecule has 0 fully saturated rings. The standard InChI is InChI=1S/C13H13IN2OS2/c14-5-7-6-16-12(17)10-8-3-1-2-4-9(8)19-11(10)15-13(16)18-7/h7H,1-6H2. The number of alkyl halides is 1. The van der Waals surface area contributed by atoms with Crippen molar-refractivity contribution in [2.45, 2.75) is 42.6 Å². The van der Waals surface area contributed by atoms with Crippen LogP contribution < -0.4 is 5.56 Å². The summed E-state index contributed by atoms with van der Waals surface area (Å²) >= 11 is 5.90. The number of aromatic nitrogens is 2. The van der Waals surface area contributed by atoms with Crippen LogP contribution in [0.2, 0.25) is 0 Å². The van der Waals surface area contributed by atoms with E-state index in [1.165, 1.54) is 23.3 Å². The number of rotatable bonds is 1. The molecule has 0 amide bonds. The minimum atomic E-state index is 0.208. The molecule has 1 aliphatic heterocycles. The molecule has 0 radical (unpaired) electrons. The van der Waals surface area contributed by atoms with Gasteiger partial charge in [0.25, 0.3) is 5.56 Å². The molecule has 4 rings (SSSR count). The van der Waals surface area contributed by atoms with Crippen molar-refractivity contribution in [1.29, 1.82) is 0 Å². The fraction of sp³-hybridized carbons (Fsp3) is 0.538. The Bertz CT molecular complexity index is 721. The summed E-state index contributed by atoms with van der Waals surface area (Å²) < 4.78 is 2.97. The van der Waals surface area contributed by atoms with Gasteiger partial charge in [0.15, 0.2) is 5.16 Å². The maximum Gasteiger partial charge on any atom is 0.263 e. The maximum absolute atomic E-state index is 12.7. The van der Waals surface area contributed by atoms with Crippen molar-refractivity contribution in [3.8, 4) is 0 Å². The third-order valence-corrected chi connectivity index (χ3v) is 7.89. The Morgan fingerprint density at radius 1 is 1.37 bits per heavy atom. The van der Waals surface area contributed by atoms with E-state index in [9.17, 15) is 4.79 Å². The molecule has 2 aromatic rings. The summed E-state index contributed by atoms with van der Waals surface area (Å²) in [6.07, 6.45) is 4.67. The highest BCUT2D eigenvalue weighted by atomic mass is 127. The monoisotopic (exact) mass is 404 g/mol. The van der Waals surface area contributed by atoms with Gasteiger partial charge in [0.05, 0.1) is 5.39 Å². The topological polar surface area (TPSA) is 34.9 Å². The van der Waals surface area contributed by atoms with Crippen LogP contribution in [-0.4, -0.2) is 19.2 Å². The first-order valence-corrected chi connectivity index (χ1v) is 9.78. The summed E-state index contributed by atoms with van der Waals surface area (Å²) in [6.45, 7) is 0.829. The summed E-state index contributed by atoms with van der Waals surface area (Å²) in [5, 5.41) is 2.36. The van der Waals surface area contributed by atoms with E-state index in [4.69, 9.17) is 4.98 Å². The van der Waals surface area contributed by atoms with Crippen molar-refractivity contribution in [1.82, 2.24) is 9.55 Å². The third-order valence-electron chi connectivity index (χ3n) is 3.87. The zero-order valence-electron chi connectivity index (χ0n) is 10.3. The quantitative estimate of drug-likeness (QED) is 0.416. The molecule has 19 heavy (non-hydrogen) atoms. The van der Waals surface area contributed by atoms with E-state index in [-0.39, 0.29) is 5.56 Å². The lowest BCUT2D eigenvalue weighted by atomic mass is 9.97. The molecular formula is C13H13IN2OS2. The van der Waals surface area contributed by atoms with Gasteiger partial charge in [-0.1, -0.05) is 34.4 Å². The van der Waals surface area contributed by atoms with Crippen LogP contribution in [0.3, 0.4) is 0 Å². The van der Waals surface area contributed by atoms with Gasteiger partial charge in [-0.25, -0.2) is 4.98 Å². The van der Waals surface area contributed by atoms with E-state index in [0.717, 1.165) is 39.2 Å². The van der Waals surface area contributed by atoms with Gasteiger partial charge in [0.2, 0.25) is 0 Å². The molecule has 0 saturated heterocycles. The molecule has 3 heterocycles. The average Bonchev–Trinajstić information content (AvgIpc) is 2.99. The molecule has 1 aliphatic carbocycles. The van der Waals surface area contributed by atoms with E-state index >= 15 is 0 Å². The highest BCUT2D eigenvalue weighted by molar-refractivity contribution is 14.1. The Hall–Kier alpha value is -0.0800. The van der Waals surface area contributed by atoms with Crippen molar-refractivity contribution in [2.24, 2.45) is 0 Å². The first-order chi connectivity index (χ1) is 9.28. The van der Waals surface area contributed by atoms with Crippen molar-refractivity contribution in [3.05, 3.63) is 20.8 Å². The van der Waals surface area contributed by atoms with Crippen LogP contribution in [-0.2, 0) is 19.4 Å². The van der Waals surface area contributed by atoms with Gasteiger partial charge in [-0.15, -0.1) is 11.3 Å². The summed E-state index contributed by atoms with van der Waals surface area (Å²) in [5.41, 5.74) is 1.52. The SMILES string of the molecule is O=c1c2c3c(sc2nc2n1CC(CI)S2)CCCC3. The Labute approximate surface area is 132 Å². The second-order valence-electron chi connectivity index (χ2n) is 5.10. The summed E-state index contributed by atoms with van der Waals surface area (Å²) in [4.78, 5) is 19.9. The molecule has 1 atom stereocenters. The zero-order chi connectivity index (χ0) is 13.0. The smallest absolute Gasteiger partial charge is 0.263 e. The number of thiophene rings is 1. The Morgan fingerprint density at radius 3 is 3.05 bits per heavy atom. The first-order valence-electron chi connectivity index (χ1n) is 6.55. The second-order valence-corrected chi connectivity index (χ2v) is 8.33. The molecule has 3 nitrogen and oxygen atoms in total. The van der Waals surface area contributed by atoms with Crippen molar-refractivity contribution in [2.75, 3.05) is 4.43 Å². The van der Waals surface area contributed by atoms with Crippen molar-refractivity contribution >= 4 is 55.9 Å². The fourth-order valence-corrected chi connectivity index (χ4v) is 6.08. The Kier molecular flexibility index (Phi) is 3.15. The number of hydrogen-bond acceptors (Lipinski definition) is 4. The van der Waals surface area contributed by atoms with Crippen LogP contribution in [0.25, 0.3) is 10.2 Å². The summed E-state index contributed by atoms with van der Waals surface area (Å²) in [5.74, 6) is 0. The van der Waals surface area contributed by atoms with Crippen molar-refractivity contribution < 1.29 is 0 Å². The molecule has 1 unspecified atom stereocenters. The molecule has 0 spiro atoms. The molecule has 6 heteroatoms. The number of hydrogen-bond donors (Lipinski definition) is 0. The third kappa shape index (κ3) is 1.90. The second kappa shape index (κ2) is 4.73. The van der Waals surface area contributed by atoms with Crippen LogP contribution in [0.5, 0.6) is 0 Å². The van der Waals surface area contributed by atoms with Gasteiger partial charge in [-0.3, -0.25) is 9.36 Å². The summed E-state index contributed by atoms with van der Waals surface area (Å²) in [7, 11) is 0. The maximum atomic E-state index is 12.7. The number of halogens is 1. The molecular weight excluding hydrogens is 391 g/mol. The molecule has 0 aromatic carbocycles. The lowest BCUT2D eigenvalue weighted by molar-refractivity contribution is 0.632.